The molecule has 0 atom stereocenters. The zero-order chi connectivity index (χ0) is 11.5. The maximum atomic E-state index is 11.3. The largest absolute Gasteiger partial charge is 0.486 e. The van der Waals surface area contributed by atoms with Crippen LogP contribution >= 0.6 is 0 Å². The molecular weight excluding hydrogens is 210 g/mol. The summed E-state index contributed by atoms with van der Waals surface area (Å²) in [6, 6.07) is 5.23. The van der Waals surface area contributed by atoms with Gasteiger partial charge in [-0.05, 0) is 12.1 Å². The lowest BCUT2D eigenvalue weighted by atomic mass is 10.2. The summed E-state index contributed by atoms with van der Waals surface area (Å²) in [5.41, 5.74) is 0.670. The van der Waals surface area contributed by atoms with E-state index in [9.17, 15) is 4.79 Å². The Hall–Kier alpha value is -1.75. The SMILES string of the molecule is CN(C(=O)CO)c1ccc2c(c1)OCCO2. The summed E-state index contributed by atoms with van der Waals surface area (Å²) in [6.07, 6.45) is 0. The van der Waals surface area contributed by atoms with Gasteiger partial charge in [-0.15, -0.1) is 0 Å². The van der Waals surface area contributed by atoms with E-state index in [2.05, 4.69) is 0 Å². The highest BCUT2D eigenvalue weighted by molar-refractivity contribution is 5.93. The zero-order valence-electron chi connectivity index (χ0n) is 8.97. The molecule has 1 aromatic carbocycles. The third-order valence-corrected chi connectivity index (χ3v) is 2.42. The Kier molecular flexibility index (Phi) is 2.96. The molecule has 1 amide bonds. The molecule has 0 spiro atoms. The molecule has 1 N–H and O–H groups in total. The number of hydrogen-bond acceptors (Lipinski definition) is 4. The number of nitrogens with zero attached hydrogens (tertiary/aromatic N) is 1. The first kappa shape index (κ1) is 10.8. The lowest BCUT2D eigenvalue weighted by molar-refractivity contribution is -0.120. The number of carbonyl (C=O) groups is 1. The molecule has 0 aromatic heterocycles. The third kappa shape index (κ3) is 1.94. The summed E-state index contributed by atoms with van der Waals surface area (Å²) in [5, 5.41) is 8.76. The van der Waals surface area contributed by atoms with Gasteiger partial charge in [0.15, 0.2) is 11.5 Å². The van der Waals surface area contributed by atoms with Gasteiger partial charge in [0.2, 0.25) is 0 Å². The highest BCUT2D eigenvalue weighted by Gasteiger charge is 2.15. The fraction of sp³-hybridized carbons (Fsp3) is 0.364. The lowest BCUT2D eigenvalue weighted by Crippen LogP contribution is -2.29. The van der Waals surface area contributed by atoms with Crippen molar-refractivity contribution >= 4 is 11.6 Å². The number of anilines is 1. The summed E-state index contributed by atoms with van der Waals surface area (Å²) in [5.74, 6) is 0.942. The smallest absolute Gasteiger partial charge is 0.252 e. The van der Waals surface area contributed by atoms with Crippen molar-refractivity contribution in [1.29, 1.82) is 0 Å². The van der Waals surface area contributed by atoms with Crippen molar-refractivity contribution in [3.05, 3.63) is 18.2 Å². The molecule has 0 unspecified atom stereocenters. The van der Waals surface area contributed by atoms with Crippen molar-refractivity contribution in [2.45, 2.75) is 0 Å². The zero-order valence-corrected chi connectivity index (χ0v) is 8.97. The first-order valence-corrected chi connectivity index (χ1v) is 4.99. The predicted octanol–water partition coefficient (Wildman–Crippen LogP) is 0.413. The fourth-order valence-corrected chi connectivity index (χ4v) is 1.49. The number of rotatable bonds is 2. The normalized spacial score (nSPS) is 13.4. The third-order valence-electron chi connectivity index (χ3n) is 2.42. The molecule has 0 aliphatic carbocycles. The number of aliphatic hydroxyl groups excluding tert-OH is 1. The van der Waals surface area contributed by atoms with E-state index in [4.69, 9.17) is 14.6 Å². The van der Waals surface area contributed by atoms with E-state index in [0.717, 1.165) is 0 Å². The van der Waals surface area contributed by atoms with E-state index >= 15 is 0 Å². The predicted molar refractivity (Wildman–Crippen MR) is 57.9 cm³/mol. The second kappa shape index (κ2) is 4.40. The first-order valence-electron chi connectivity index (χ1n) is 4.99. The van der Waals surface area contributed by atoms with E-state index in [1.54, 1.807) is 25.2 Å². The van der Waals surface area contributed by atoms with Gasteiger partial charge in [0.05, 0.1) is 0 Å². The summed E-state index contributed by atoms with van der Waals surface area (Å²) < 4.78 is 10.8. The van der Waals surface area contributed by atoms with E-state index in [0.29, 0.717) is 30.4 Å². The molecule has 5 nitrogen and oxygen atoms in total. The molecule has 0 bridgehead atoms. The minimum Gasteiger partial charge on any atom is -0.486 e. The van der Waals surface area contributed by atoms with Crippen molar-refractivity contribution < 1.29 is 19.4 Å². The molecule has 0 radical (unpaired) electrons. The summed E-state index contributed by atoms with van der Waals surface area (Å²) in [7, 11) is 1.60. The molecule has 86 valence electrons. The maximum absolute atomic E-state index is 11.3. The number of hydrogen-bond donors (Lipinski definition) is 1. The second-order valence-corrected chi connectivity index (χ2v) is 3.44. The number of carbonyl (C=O) groups excluding carboxylic acids is 1. The molecule has 0 saturated heterocycles. The monoisotopic (exact) mass is 223 g/mol. The van der Waals surface area contributed by atoms with Gasteiger partial charge in [0.1, 0.15) is 19.8 Å². The van der Waals surface area contributed by atoms with Gasteiger partial charge in [0, 0.05) is 18.8 Å². The molecular formula is C11H13NO4. The summed E-state index contributed by atoms with van der Waals surface area (Å²) >= 11 is 0. The van der Waals surface area contributed by atoms with Gasteiger partial charge in [0.25, 0.3) is 5.91 Å². The van der Waals surface area contributed by atoms with Crippen LogP contribution in [0.15, 0.2) is 18.2 Å². The number of likely N-dealkylation sites (N-methyl/N-ethyl adjacent to an activating group) is 1. The van der Waals surface area contributed by atoms with Crippen LogP contribution in [0.25, 0.3) is 0 Å². The maximum Gasteiger partial charge on any atom is 0.252 e. The van der Waals surface area contributed by atoms with Crippen LogP contribution in [-0.2, 0) is 4.79 Å². The molecule has 1 aliphatic heterocycles. The molecule has 2 rings (SSSR count). The average molecular weight is 223 g/mol. The van der Waals surface area contributed by atoms with E-state index < -0.39 is 6.61 Å². The number of amides is 1. The van der Waals surface area contributed by atoms with Gasteiger partial charge in [-0.3, -0.25) is 4.79 Å². The standard InChI is InChI=1S/C11H13NO4/c1-12(11(14)7-13)8-2-3-9-10(6-8)16-5-4-15-9/h2-3,6,13H,4-5,7H2,1H3. The quantitative estimate of drug-likeness (QED) is 0.789. The number of fused-ring (bicyclic) bond motifs is 1. The number of benzene rings is 1. The number of ether oxygens (including phenoxy) is 2. The topological polar surface area (TPSA) is 59.0 Å². The van der Waals surface area contributed by atoms with Crippen LogP contribution in [0, 0.1) is 0 Å². The lowest BCUT2D eigenvalue weighted by Gasteiger charge is -2.21. The number of aliphatic hydroxyl groups is 1. The molecule has 16 heavy (non-hydrogen) atoms. The van der Waals surface area contributed by atoms with Gasteiger partial charge < -0.3 is 19.5 Å². The Labute approximate surface area is 93.2 Å². The highest BCUT2D eigenvalue weighted by atomic mass is 16.6. The van der Waals surface area contributed by atoms with Crippen LogP contribution in [0.5, 0.6) is 11.5 Å². The van der Waals surface area contributed by atoms with Crippen LogP contribution in [0.3, 0.4) is 0 Å². The van der Waals surface area contributed by atoms with Crippen molar-refractivity contribution in [1.82, 2.24) is 0 Å². The van der Waals surface area contributed by atoms with E-state index in [1.807, 2.05) is 0 Å². The van der Waals surface area contributed by atoms with Crippen molar-refractivity contribution in [3.63, 3.8) is 0 Å². The van der Waals surface area contributed by atoms with Crippen LogP contribution in [-0.4, -0.2) is 37.9 Å². The van der Waals surface area contributed by atoms with Gasteiger partial charge in [-0.2, -0.15) is 0 Å². The van der Waals surface area contributed by atoms with E-state index in [1.165, 1.54) is 4.90 Å². The Morgan fingerprint density at radius 1 is 1.38 bits per heavy atom. The van der Waals surface area contributed by atoms with Crippen molar-refractivity contribution in [2.24, 2.45) is 0 Å². The van der Waals surface area contributed by atoms with Gasteiger partial charge in [-0.25, -0.2) is 0 Å². The second-order valence-electron chi connectivity index (χ2n) is 3.44. The minimum atomic E-state index is -0.509. The Morgan fingerprint density at radius 2 is 2.06 bits per heavy atom. The van der Waals surface area contributed by atoms with Crippen LogP contribution in [0.1, 0.15) is 0 Å². The van der Waals surface area contributed by atoms with Crippen molar-refractivity contribution in [3.8, 4) is 11.5 Å². The van der Waals surface area contributed by atoms with Crippen LogP contribution in [0.4, 0.5) is 5.69 Å². The van der Waals surface area contributed by atoms with Crippen LogP contribution < -0.4 is 14.4 Å². The Morgan fingerprint density at radius 3 is 2.75 bits per heavy atom. The van der Waals surface area contributed by atoms with Gasteiger partial charge in [-0.1, -0.05) is 0 Å². The summed E-state index contributed by atoms with van der Waals surface area (Å²) in [6.45, 7) is 0.539. The molecule has 0 fully saturated rings. The average Bonchev–Trinajstić information content (AvgIpc) is 2.36. The molecule has 1 aromatic rings. The fourth-order valence-electron chi connectivity index (χ4n) is 1.49. The summed E-state index contributed by atoms with van der Waals surface area (Å²) in [4.78, 5) is 12.7. The minimum absolute atomic E-state index is 0.364. The molecule has 0 saturated carbocycles. The van der Waals surface area contributed by atoms with Crippen LogP contribution in [0.2, 0.25) is 0 Å². The molecule has 1 aliphatic rings. The highest BCUT2D eigenvalue weighted by Crippen LogP contribution is 2.33. The Bertz CT molecular complexity index is 405. The van der Waals surface area contributed by atoms with Crippen molar-refractivity contribution in [2.75, 3.05) is 31.8 Å². The molecule has 5 heteroatoms. The first-order chi connectivity index (χ1) is 7.72. The molecule has 1 heterocycles. The van der Waals surface area contributed by atoms with E-state index in [-0.39, 0.29) is 5.91 Å². The Balaban J connectivity index is 2.26. The van der Waals surface area contributed by atoms with Gasteiger partial charge >= 0.3 is 0 Å².